The number of terminal acetylenes is 4. The molecule has 462 valence electrons. The van der Waals surface area contributed by atoms with Crippen LogP contribution in [0.2, 0.25) is 0 Å². The first-order valence-corrected chi connectivity index (χ1v) is 30.4. The Morgan fingerprint density at radius 1 is 0.535 bits per heavy atom. The number of ether oxygens (including phenoxy) is 3. The summed E-state index contributed by atoms with van der Waals surface area (Å²) in [5, 5.41) is 26.0. The number of unbranched alkanes of at least 4 members (excludes halogenated alkanes) is 8. The van der Waals surface area contributed by atoms with Crippen LogP contribution >= 0.6 is 0 Å². The third-order valence-corrected chi connectivity index (χ3v) is 15.1. The van der Waals surface area contributed by atoms with Gasteiger partial charge in [0.2, 0.25) is 35.4 Å². The van der Waals surface area contributed by atoms with Gasteiger partial charge in [0, 0.05) is 77.4 Å². The third-order valence-electron chi connectivity index (χ3n) is 15.1. The highest BCUT2D eigenvalue weighted by atomic mass is 16.5. The van der Waals surface area contributed by atoms with Crippen molar-refractivity contribution < 1.29 is 52.9 Å². The van der Waals surface area contributed by atoms with E-state index in [1.165, 1.54) is 0 Å². The summed E-state index contributed by atoms with van der Waals surface area (Å²) in [5.74, 6) is 9.33. The number of methoxy groups -OCH3 is 2. The molecule has 0 aliphatic carbocycles. The van der Waals surface area contributed by atoms with Crippen LogP contribution in [-0.4, -0.2) is 122 Å². The van der Waals surface area contributed by atoms with Gasteiger partial charge < -0.3 is 50.8 Å². The van der Waals surface area contributed by atoms with Crippen LogP contribution < -0.4 is 36.1 Å². The third kappa shape index (κ3) is 24.5. The Kier molecular flexibility index (Phi) is 33.0. The van der Waals surface area contributed by atoms with E-state index in [-0.39, 0.29) is 81.1 Å². The van der Waals surface area contributed by atoms with Gasteiger partial charge in [0.15, 0.2) is 5.78 Å². The summed E-state index contributed by atoms with van der Waals surface area (Å²) in [5.41, 5.74) is 1.10. The van der Waals surface area contributed by atoms with Crippen LogP contribution in [0.3, 0.4) is 0 Å². The number of hydrogen-bond donors (Lipinski definition) is 6. The van der Waals surface area contributed by atoms with Gasteiger partial charge in [-0.05, 0) is 124 Å². The number of aliphatic hydroxyl groups is 1. The molecule has 1 unspecified atom stereocenters. The number of hydrogen-bond acceptors (Lipinski definition) is 11. The first kappa shape index (κ1) is 70.4. The largest absolute Gasteiger partial charge is 0.497 e. The van der Waals surface area contributed by atoms with Gasteiger partial charge in [-0.1, -0.05) is 67.4 Å². The van der Waals surface area contributed by atoms with Gasteiger partial charge in [-0.25, -0.2) is 0 Å². The fourth-order valence-corrected chi connectivity index (χ4v) is 10.4. The molecule has 86 heavy (non-hydrogen) atoms. The maximum atomic E-state index is 15.3. The summed E-state index contributed by atoms with van der Waals surface area (Å²) in [6.07, 6.45) is 29.7. The van der Waals surface area contributed by atoms with E-state index in [1.54, 1.807) is 19.1 Å². The van der Waals surface area contributed by atoms with E-state index in [0.29, 0.717) is 140 Å². The van der Waals surface area contributed by atoms with E-state index in [9.17, 15) is 33.9 Å². The standard InChI is InChI=1S/C69H90N6O11/c1-7-11-17-35-63(78)70-47-27-25-31-59(72-65(80)37-19-13-9-3)62(77)34-24-16-23-33-61(74-67(82)60(73-66(81)38-20-14-10-4)32-26-28-48-71-64(79)36-18-12-8-2)68(83)75-50-56(76)49-55(75)51-86-69(52-29-21-15-22-30-52,53-39-43-57(84-5)44-40-53)54-41-45-58(85-6)46-42-54/h1-4,15,21-22,29-30,39-46,55-56,59-61,76H,11-14,16-20,23-28,31-38,47-51H2,5-6H3,(H,70,78)(H,71,79)(H,72,80)(H,73,81)(H,74,82)/t55-,56+,59-,60?,61-/m0/s1. The molecule has 1 aliphatic rings. The van der Waals surface area contributed by atoms with Crippen LogP contribution in [0.1, 0.15) is 171 Å². The molecule has 3 aromatic carbocycles. The second-order valence-electron chi connectivity index (χ2n) is 21.6. The number of likely N-dealkylation sites (tertiary alicyclic amines) is 1. The number of β-amino-alcohol motifs (C(OH)–C–C–N with tert-alkyl or cyclic N) is 1. The van der Waals surface area contributed by atoms with Crippen LogP contribution in [0.5, 0.6) is 11.5 Å². The molecule has 1 heterocycles. The van der Waals surface area contributed by atoms with Crippen LogP contribution in [0.4, 0.5) is 0 Å². The van der Waals surface area contributed by atoms with Crippen LogP contribution in [0.15, 0.2) is 78.9 Å². The number of ketones is 1. The minimum Gasteiger partial charge on any atom is -0.497 e. The number of benzene rings is 3. The Bertz CT molecular complexity index is 2710. The highest BCUT2D eigenvalue weighted by molar-refractivity contribution is 5.92. The number of carbonyl (C=O) groups is 7. The normalized spacial score (nSPS) is 14.6. The molecule has 0 radical (unpaired) electrons. The molecule has 5 atom stereocenters. The number of rotatable bonds is 42. The molecular weight excluding hydrogens is 1090 g/mol. The molecule has 6 amide bonds. The Balaban J connectivity index is 1.61. The van der Waals surface area contributed by atoms with Crippen molar-refractivity contribution in [3.8, 4) is 60.9 Å². The van der Waals surface area contributed by atoms with E-state index in [0.717, 1.165) is 16.7 Å². The molecule has 3 aromatic rings. The number of aliphatic hydroxyl groups excluding tert-OH is 1. The molecule has 1 fully saturated rings. The van der Waals surface area contributed by atoms with Crippen molar-refractivity contribution in [1.29, 1.82) is 0 Å². The van der Waals surface area contributed by atoms with Gasteiger partial charge in [0.05, 0.1) is 39.0 Å². The monoisotopic (exact) mass is 1180 g/mol. The SMILES string of the molecule is C#CCCCC(=O)NCCCCC(NC(=O)CCCC#C)C(=O)N[C@@H](CCCCCC(=O)[C@H](CCCCNC(=O)CCCC#C)NC(=O)CCCC#C)C(=O)N1C[C@H](O)C[C@H]1COC(c1ccccc1)(c1ccc(OC)cc1)c1ccc(OC)cc1. The Morgan fingerprint density at radius 3 is 1.47 bits per heavy atom. The summed E-state index contributed by atoms with van der Waals surface area (Å²) in [6, 6.07) is 21.2. The fraction of sp³-hybridized carbons (Fsp3) is 0.522. The molecular formula is C69H90N6O11. The predicted molar refractivity (Wildman–Crippen MR) is 333 cm³/mol. The number of nitrogens with one attached hydrogen (secondary N) is 5. The summed E-state index contributed by atoms with van der Waals surface area (Å²) >= 11 is 0. The highest BCUT2D eigenvalue weighted by Gasteiger charge is 2.43. The molecule has 0 saturated carbocycles. The van der Waals surface area contributed by atoms with Crippen molar-refractivity contribution in [2.45, 2.75) is 190 Å². The van der Waals surface area contributed by atoms with Gasteiger partial charge in [0.1, 0.15) is 29.2 Å². The van der Waals surface area contributed by atoms with Crippen LogP contribution in [-0.2, 0) is 43.9 Å². The zero-order chi connectivity index (χ0) is 62.4. The first-order chi connectivity index (χ1) is 41.7. The van der Waals surface area contributed by atoms with E-state index >= 15 is 4.79 Å². The van der Waals surface area contributed by atoms with Gasteiger partial charge in [-0.2, -0.15) is 0 Å². The molecule has 0 bridgehead atoms. The van der Waals surface area contributed by atoms with E-state index in [2.05, 4.69) is 50.3 Å². The minimum absolute atomic E-state index is 0.0429. The second-order valence-corrected chi connectivity index (χ2v) is 21.6. The van der Waals surface area contributed by atoms with E-state index in [4.69, 9.17) is 39.9 Å². The summed E-state index contributed by atoms with van der Waals surface area (Å²) in [7, 11) is 3.18. The Morgan fingerprint density at radius 2 is 0.977 bits per heavy atom. The Labute approximate surface area is 510 Å². The lowest BCUT2D eigenvalue weighted by Gasteiger charge is -2.38. The molecule has 17 nitrogen and oxygen atoms in total. The predicted octanol–water partition coefficient (Wildman–Crippen LogP) is 7.74. The van der Waals surface area contributed by atoms with Crippen LogP contribution in [0.25, 0.3) is 0 Å². The second kappa shape index (κ2) is 40.3. The quantitative estimate of drug-likeness (QED) is 0.0183. The number of Topliss-reactive ketones (excluding diaryl/α,β-unsaturated/α-hetero) is 1. The molecule has 1 saturated heterocycles. The number of nitrogens with zero attached hydrogens (tertiary/aromatic N) is 1. The average Bonchev–Trinajstić information content (AvgIpc) is 1.08. The van der Waals surface area contributed by atoms with Crippen molar-refractivity contribution in [3.05, 3.63) is 95.6 Å². The molecule has 4 rings (SSSR count). The average molecular weight is 1180 g/mol. The van der Waals surface area contributed by atoms with Gasteiger partial charge in [-0.15, -0.1) is 49.4 Å². The van der Waals surface area contributed by atoms with Crippen molar-refractivity contribution in [3.63, 3.8) is 0 Å². The van der Waals surface area contributed by atoms with E-state index < -0.39 is 47.7 Å². The lowest BCUT2D eigenvalue weighted by Crippen LogP contribution is -2.55. The van der Waals surface area contributed by atoms with Crippen molar-refractivity contribution in [1.82, 2.24) is 31.5 Å². The lowest BCUT2D eigenvalue weighted by molar-refractivity contribution is -0.140. The lowest BCUT2D eigenvalue weighted by atomic mass is 9.80. The Hall–Kier alpha value is -8.09. The maximum Gasteiger partial charge on any atom is 0.245 e. The van der Waals surface area contributed by atoms with Crippen molar-refractivity contribution in [2.75, 3.05) is 40.5 Å². The number of amides is 6. The zero-order valence-corrected chi connectivity index (χ0v) is 50.5. The molecule has 0 spiro atoms. The highest BCUT2D eigenvalue weighted by Crippen LogP contribution is 2.42. The van der Waals surface area contributed by atoms with Gasteiger partial charge in [-0.3, -0.25) is 33.6 Å². The van der Waals surface area contributed by atoms with Crippen molar-refractivity contribution >= 4 is 41.2 Å². The summed E-state index contributed by atoms with van der Waals surface area (Å²) < 4.78 is 18.3. The number of carbonyl (C=O) groups excluding carboxylic acids is 7. The van der Waals surface area contributed by atoms with Gasteiger partial charge in [0.25, 0.3) is 0 Å². The van der Waals surface area contributed by atoms with Crippen molar-refractivity contribution in [2.24, 2.45) is 0 Å². The zero-order valence-electron chi connectivity index (χ0n) is 50.5. The van der Waals surface area contributed by atoms with E-state index in [1.807, 2.05) is 78.9 Å². The van der Waals surface area contributed by atoms with Crippen LogP contribution in [0, 0.1) is 49.4 Å². The van der Waals surface area contributed by atoms with Gasteiger partial charge >= 0.3 is 0 Å². The molecule has 6 N–H and O–H groups in total. The smallest absolute Gasteiger partial charge is 0.245 e. The topological polar surface area (TPSA) is 231 Å². The molecule has 17 heteroatoms. The minimum atomic E-state index is -1.24. The molecule has 1 aliphatic heterocycles. The first-order valence-electron chi connectivity index (χ1n) is 30.4. The fourth-order valence-electron chi connectivity index (χ4n) is 10.4. The summed E-state index contributed by atoms with van der Waals surface area (Å²) in [4.78, 5) is 96.4. The maximum absolute atomic E-state index is 15.3. The molecule has 0 aromatic heterocycles. The summed E-state index contributed by atoms with van der Waals surface area (Å²) in [6.45, 7) is 0.677.